The summed E-state index contributed by atoms with van der Waals surface area (Å²) < 4.78 is 38.9. The Morgan fingerprint density at radius 3 is 2.32 bits per heavy atom. The summed E-state index contributed by atoms with van der Waals surface area (Å²) in [6.07, 6.45) is -4.28. The van der Waals surface area contributed by atoms with Gasteiger partial charge >= 0.3 is 0 Å². The fraction of sp³-hybridized carbons (Fsp3) is 0.636. The second-order valence-electron chi connectivity index (χ2n) is 4.53. The van der Waals surface area contributed by atoms with E-state index < -0.39 is 12.6 Å². The number of aromatic nitrogens is 2. The highest BCUT2D eigenvalue weighted by molar-refractivity contribution is 5.49. The smallest absolute Gasteiger partial charge is 0.275 e. The van der Waals surface area contributed by atoms with Crippen molar-refractivity contribution in [2.24, 2.45) is 0 Å². The molecule has 2 rings (SSSR count). The van der Waals surface area contributed by atoms with Gasteiger partial charge in [0.25, 0.3) is 6.43 Å². The second kappa shape index (κ2) is 5.60. The highest BCUT2D eigenvalue weighted by atomic mass is 19.3. The van der Waals surface area contributed by atoms with E-state index in [9.17, 15) is 13.2 Å². The van der Waals surface area contributed by atoms with Gasteiger partial charge in [-0.25, -0.2) is 18.2 Å². The van der Waals surface area contributed by atoms with Crippen molar-refractivity contribution >= 4 is 11.8 Å². The molecule has 1 aromatic heterocycles. The van der Waals surface area contributed by atoms with Gasteiger partial charge in [0.1, 0.15) is 5.82 Å². The van der Waals surface area contributed by atoms with Crippen LogP contribution in [0, 0.1) is 0 Å². The molecule has 1 aromatic rings. The first-order chi connectivity index (χ1) is 9.00. The first-order valence-corrected chi connectivity index (χ1v) is 6.06. The van der Waals surface area contributed by atoms with E-state index in [-0.39, 0.29) is 28.9 Å². The van der Waals surface area contributed by atoms with Crippen LogP contribution in [0.5, 0.6) is 0 Å². The van der Waals surface area contributed by atoms with Gasteiger partial charge in [0.2, 0.25) is 12.1 Å². The highest BCUT2D eigenvalue weighted by Gasteiger charge is 2.31. The van der Waals surface area contributed by atoms with Crippen LogP contribution in [0.15, 0.2) is 0 Å². The minimum atomic E-state index is -3.16. The Labute approximate surface area is 108 Å². The number of nitrogens with one attached hydrogen (secondary N) is 1. The van der Waals surface area contributed by atoms with E-state index >= 15 is 0 Å². The van der Waals surface area contributed by atoms with E-state index in [4.69, 9.17) is 11.5 Å². The van der Waals surface area contributed by atoms with E-state index in [2.05, 4.69) is 15.3 Å². The highest BCUT2D eigenvalue weighted by Crippen LogP contribution is 2.37. The Hall–Kier alpha value is -1.57. The van der Waals surface area contributed by atoms with Gasteiger partial charge in [0.15, 0.2) is 0 Å². The molecule has 1 aliphatic heterocycles. The molecular formula is C11H16F3N5. The molecule has 0 saturated carbocycles. The Morgan fingerprint density at radius 1 is 1.11 bits per heavy atom. The van der Waals surface area contributed by atoms with Crippen molar-refractivity contribution in [3.8, 4) is 0 Å². The predicted molar refractivity (Wildman–Crippen MR) is 65.6 cm³/mol. The molecule has 0 amide bonds. The third-order valence-corrected chi connectivity index (χ3v) is 3.25. The molecule has 0 aromatic carbocycles. The van der Waals surface area contributed by atoms with Crippen LogP contribution < -0.4 is 16.8 Å². The molecule has 1 aliphatic rings. The first kappa shape index (κ1) is 13.9. The largest absolute Gasteiger partial charge is 0.383 e. The van der Waals surface area contributed by atoms with E-state index in [1.165, 1.54) is 0 Å². The molecule has 0 aliphatic carbocycles. The van der Waals surface area contributed by atoms with E-state index in [0.717, 1.165) is 13.1 Å². The lowest BCUT2D eigenvalue weighted by molar-refractivity contribution is 0.0465. The fourth-order valence-electron chi connectivity index (χ4n) is 2.38. The molecular weight excluding hydrogens is 259 g/mol. The number of nitrogen functional groups attached to an aromatic ring is 2. The monoisotopic (exact) mass is 275 g/mol. The van der Waals surface area contributed by atoms with Gasteiger partial charge in [0, 0.05) is 5.56 Å². The summed E-state index contributed by atoms with van der Waals surface area (Å²) in [5, 5.41) is 3.14. The first-order valence-electron chi connectivity index (χ1n) is 6.06. The van der Waals surface area contributed by atoms with Gasteiger partial charge in [-0.05, 0) is 31.8 Å². The van der Waals surface area contributed by atoms with Crippen molar-refractivity contribution in [3.63, 3.8) is 0 Å². The van der Waals surface area contributed by atoms with Crippen molar-refractivity contribution in [2.45, 2.75) is 31.4 Å². The third kappa shape index (κ3) is 2.89. The van der Waals surface area contributed by atoms with Crippen molar-refractivity contribution < 1.29 is 13.2 Å². The maximum atomic E-state index is 13.7. The molecule has 0 bridgehead atoms. The van der Waals surface area contributed by atoms with Gasteiger partial charge in [-0.2, -0.15) is 4.98 Å². The van der Waals surface area contributed by atoms with Crippen molar-refractivity contribution in [1.82, 2.24) is 15.3 Å². The molecule has 0 radical (unpaired) electrons. The molecule has 1 unspecified atom stereocenters. The van der Waals surface area contributed by atoms with E-state index in [1.807, 2.05) is 0 Å². The van der Waals surface area contributed by atoms with Gasteiger partial charge < -0.3 is 16.8 Å². The SMILES string of the molecule is Nc1nc(N)c(C2CCNCC2)c(C(F)C(F)F)n1. The normalized spacial score (nSPS) is 18.7. The number of nitrogens with two attached hydrogens (primary N) is 2. The average Bonchev–Trinajstić information content (AvgIpc) is 2.37. The molecule has 1 saturated heterocycles. The average molecular weight is 275 g/mol. The van der Waals surface area contributed by atoms with E-state index in [0.29, 0.717) is 12.8 Å². The number of hydrogen-bond donors (Lipinski definition) is 3. The molecule has 2 heterocycles. The van der Waals surface area contributed by atoms with Crippen LogP contribution in [0.3, 0.4) is 0 Å². The zero-order valence-electron chi connectivity index (χ0n) is 10.2. The zero-order valence-corrected chi connectivity index (χ0v) is 10.2. The lowest BCUT2D eigenvalue weighted by Crippen LogP contribution is -2.28. The Bertz CT molecular complexity index is 448. The Kier molecular flexibility index (Phi) is 4.08. The minimum absolute atomic E-state index is 0.00213. The molecule has 19 heavy (non-hydrogen) atoms. The summed E-state index contributed by atoms with van der Waals surface area (Å²) in [5.41, 5.74) is 11.0. The quantitative estimate of drug-likeness (QED) is 0.775. The van der Waals surface area contributed by atoms with Gasteiger partial charge in [0.05, 0.1) is 5.69 Å². The lowest BCUT2D eigenvalue weighted by Gasteiger charge is -2.26. The molecule has 0 spiro atoms. The maximum Gasteiger partial charge on any atom is 0.275 e. The summed E-state index contributed by atoms with van der Waals surface area (Å²) in [4.78, 5) is 7.41. The number of rotatable bonds is 3. The van der Waals surface area contributed by atoms with Crippen molar-refractivity contribution in [3.05, 3.63) is 11.3 Å². The van der Waals surface area contributed by atoms with Crippen LogP contribution in [-0.4, -0.2) is 29.5 Å². The number of nitrogens with zero attached hydrogens (tertiary/aromatic N) is 2. The second-order valence-corrected chi connectivity index (χ2v) is 4.53. The van der Waals surface area contributed by atoms with Gasteiger partial charge in [-0.15, -0.1) is 0 Å². The summed E-state index contributed by atoms with van der Waals surface area (Å²) in [5.74, 6) is -0.403. The van der Waals surface area contributed by atoms with Gasteiger partial charge in [-0.3, -0.25) is 0 Å². The fourth-order valence-corrected chi connectivity index (χ4v) is 2.38. The summed E-state index contributed by atoms with van der Waals surface area (Å²) >= 11 is 0. The van der Waals surface area contributed by atoms with Crippen LogP contribution in [0.1, 0.15) is 36.2 Å². The number of anilines is 2. The van der Waals surface area contributed by atoms with Crippen LogP contribution in [0.25, 0.3) is 0 Å². The number of halogens is 3. The number of hydrogen-bond acceptors (Lipinski definition) is 5. The minimum Gasteiger partial charge on any atom is -0.383 e. The third-order valence-electron chi connectivity index (χ3n) is 3.25. The Morgan fingerprint density at radius 2 is 1.74 bits per heavy atom. The van der Waals surface area contributed by atoms with E-state index in [1.54, 1.807) is 0 Å². The predicted octanol–water partition coefficient (Wildman–Crippen LogP) is 1.38. The maximum absolute atomic E-state index is 13.7. The topological polar surface area (TPSA) is 89.8 Å². The molecule has 5 N–H and O–H groups in total. The van der Waals surface area contributed by atoms with Crippen molar-refractivity contribution in [2.75, 3.05) is 24.6 Å². The summed E-state index contributed by atoms with van der Waals surface area (Å²) in [7, 11) is 0. The Balaban J connectivity index is 2.44. The van der Waals surface area contributed by atoms with Gasteiger partial charge in [-0.1, -0.05) is 0 Å². The summed E-state index contributed by atoms with van der Waals surface area (Å²) in [6, 6.07) is 0. The number of piperidine rings is 1. The molecule has 8 heteroatoms. The van der Waals surface area contributed by atoms with Crippen molar-refractivity contribution in [1.29, 1.82) is 0 Å². The molecule has 1 atom stereocenters. The lowest BCUT2D eigenvalue weighted by atomic mass is 9.88. The van der Waals surface area contributed by atoms with Crippen LogP contribution >= 0.6 is 0 Å². The van der Waals surface area contributed by atoms with Crippen LogP contribution in [-0.2, 0) is 0 Å². The molecule has 1 fully saturated rings. The molecule has 5 nitrogen and oxygen atoms in total. The van der Waals surface area contributed by atoms with Crippen LogP contribution in [0.2, 0.25) is 0 Å². The van der Waals surface area contributed by atoms with Crippen LogP contribution in [0.4, 0.5) is 24.9 Å². The zero-order chi connectivity index (χ0) is 14.0. The number of alkyl halides is 3. The molecule has 106 valence electrons. The standard InChI is InChI=1S/C11H16F3N5/c12-7(9(13)14)8-6(5-1-3-17-4-2-5)10(15)19-11(16)18-8/h5,7,9,17H,1-4H2,(H4,15,16,18,19). The summed E-state index contributed by atoms with van der Waals surface area (Å²) in [6.45, 7) is 1.44.